The molecular weight excluding hydrogens is 332 g/mol. The number of aromatic nitrogens is 1. The standard InChI is InChI=1S/C20H26N2O4/c1-13(2)26-19-10-7-17(11-21-19)20(24)16-5-8-18(9-6-16)25-12-14(3)22-15(4)23/h5-11,13-14,20,24H,12H2,1-4H3,(H,22,23)/t14?,20-/m0/s1. The van der Waals surface area contributed by atoms with E-state index in [1.165, 1.54) is 6.92 Å². The Morgan fingerprint density at radius 3 is 2.31 bits per heavy atom. The minimum Gasteiger partial charge on any atom is -0.491 e. The summed E-state index contributed by atoms with van der Waals surface area (Å²) in [4.78, 5) is 15.2. The van der Waals surface area contributed by atoms with Crippen molar-refractivity contribution in [3.05, 3.63) is 53.7 Å². The molecule has 0 aliphatic heterocycles. The molecule has 6 nitrogen and oxygen atoms in total. The summed E-state index contributed by atoms with van der Waals surface area (Å²) in [7, 11) is 0. The molecule has 0 aliphatic carbocycles. The first-order chi connectivity index (χ1) is 12.3. The second-order valence-electron chi connectivity index (χ2n) is 6.48. The number of nitrogens with zero attached hydrogens (tertiary/aromatic N) is 1. The highest BCUT2D eigenvalue weighted by atomic mass is 16.5. The normalized spacial score (nSPS) is 13.2. The lowest BCUT2D eigenvalue weighted by Gasteiger charge is -2.15. The molecule has 26 heavy (non-hydrogen) atoms. The minimum absolute atomic E-state index is 0.0548. The van der Waals surface area contributed by atoms with Crippen LogP contribution in [0, 0.1) is 0 Å². The van der Waals surface area contributed by atoms with Crippen molar-refractivity contribution in [1.82, 2.24) is 10.3 Å². The topological polar surface area (TPSA) is 80.7 Å². The minimum atomic E-state index is -0.775. The molecule has 1 unspecified atom stereocenters. The monoisotopic (exact) mass is 358 g/mol. The second kappa shape index (κ2) is 9.20. The number of rotatable bonds is 8. The van der Waals surface area contributed by atoms with Crippen LogP contribution < -0.4 is 14.8 Å². The Bertz CT molecular complexity index is 699. The van der Waals surface area contributed by atoms with Gasteiger partial charge in [-0.3, -0.25) is 4.79 Å². The highest BCUT2D eigenvalue weighted by Crippen LogP contribution is 2.24. The molecule has 2 rings (SSSR count). The molecule has 2 N–H and O–H groups in total. The van der Waals surface area contributed by atoms with Crippen LogP contribution in [0.1, 0.15) is 44.9 Å². The number of ether oxygens (including phenoxy) is 2. The fourth-order valence-corrected chi connectivity index (χ4v) is 2.41. The van der Waals surface area contributed by atoms with Crippen molar-refractivity contribution in [2.75, 3.05) is 6.61 Å². The molecule has 2 atom stereocenters. The number of carbonyl (C=O) groups is 1. The fraction of sp³-hybridized carbons (Fsp3) is 0.400. The Kier molecular flexibility index (Phi) is 6.97. The number of aliphatic hydroxyl groups excluding tert-OH is 1. The van der Waals surface area contributed by atoms with Crippen molar-refractivity contribution < 1.29 is 19.4 Å². The van der Waals surface area contributed by atoms with Gasteiger partial charge in [0.1, 0.15) is 18.5 Å². The molecule has 1 amide bonds. The Hall–Kier alpha value is -2.60. The average molecular weight is 358 g/mol. The first-order valence-corrected chi connectivity index (χ1v) is 8.65. The summed E-state index contributed by atoms with van der Waals surface area (Å²) in [5.41, 5.74) is 1.43. The van der Waals surface area contributed by atoms with Crippen molar-refractivity contribution in [1.29, 1.82) is 0 Å². The Morgan fingerprint density at radius 2 is 1.77 bits per heavy atom. The number of hydrogen-bond donors (Lipinski definition) is 2. The highest BCUT2D eigenvalue weighted by Gasteiger charge is 2.12. The lowest BCUT2D eigenvalue weighted by Crippen LogP contribution is -2.35. The van der Waals surface area contributed by atoms with Gasteiger partial charge in [0, 0.05) is 24.8 Å². The van der Waals surface area contributed by atoms with Gasteiger partial charge in [0.05, 0.1) is 12.1 Å². The van der Waals surface area contributed by atoms with Crippen LogP contribution in [-0.4, -0.2) is 34.8 Å². The maximum absolute atomic E-state index is 11.0. The number of pyridine rings is 1. The molecule has 0 fully saturated rings. The Balaban J connectivity index is 1.95. The van der Waals surface area contributed by atoms with E-state index < -0.39 is 6.10 Å². The first kappa shape index (κ1) is 19.7. The number of hydrogen-bond acceptors (Lipinski definition) is 5. The molecule has 0 saturated heterocycles. The summed E-state index contributed by atoms with van der Waals surface area (Å²) in [6, 6.07) is 10.7. The molecular formula is C20H26N2O4. The third kappa shape index (κ3) is 6.04. The van der Waals surface area contributed by atoms with Crippen LogP contribution in [-0.2, 0) is 4.79 Å². The molecule has 1 aromatic carbocycles. The largest absolute Gasteiger partial charge is 0.491 e. The van der Waals surface area contributed by atoms with Crippen molar-refractivity contribution >= 4 is 5.91 Å². The Morgan fingerprint density at radius 1 is 1.12 bits per heavy atom. The molecule has 1 aromatic heterocycles. The smallest absolute Gasteiger partial charge is 0.217 e. The first-order valence-electron chi connectivity index (χ1n) is 8.65. The van der Waals surface area contributed by atoms with Gasteiger partial charge < -0.3 is 19.9 Å². The fourth-order valence-electron chi connectivity index (χ4n) is 2.41. The SMILES string of the molecule is CC(=O)NC(C)COc1ccc([C@H](O)c2ccc(OC(C)C)nc2)cc1. The van der Waals surface area contributed by atoms with Gasteiger partial charge in [0.25, 0.3) is 0 Å². The molecule has 0 saturated carbocycles. The van der Waals surface area contributed by atoms with Crippen LogP contribution >= 0.6 is 0 Å². The highest BCUT2D eigenvalue weighted by molar-refractivity contribution is 5.73. The Labute approximate surface area is 154 Å². The molecule has 6 heteroatoms. The summed E-state index contributed by atoms with van der Waals surface area (Å²) >= 11 is 0. The summed E-state index contributed by atoms with van der Waals surface area (Å²) in [5.74, 6) is 1.13. The predicted molar refractivity (Wildman–Crippen MR) is 99.3 cm³/mol. The molecule has 0 bridgehead atoms. The van der Waals surface area contributed by atoms with E-state index in [2.05, 4.69) is 10.3 Å². The number of carbonyl (C=O) groups excluding carboxylic acids is 1. The zero-order chi connectivity index (χ0) is 19.1. The molecule has 0 aliphatic rings. The quantitative estimate of drug-likeness (QED) is 0.758. The number of nitrogens with one attached hydrogen (secondary N) is 1. The van der Waals surface area contributed by atoms with E-state index >= 15 is 0 Å². The van der Waals surface area contributed by atoms with Gasteiger partial charge in [-0.25, -0.2) is 4.98 Å². The lowest BCUT2D eigenvalue weighted by molar-refractivity contribution is -0.119. The zero-order valence-electron chi connectivity index (χ0n) is 15.6. The van der Waals surface area contributed by atoms with Crippen molar-refractivity contribution in [2.45, 2.75) is 45.9 Å². The van der Waals surface area contributed by atoms with E-state index in [1.807, 2.05) is 32.9 Å². The van der Waals surface area contributed by atoms with Gasteiger partial charge in [0.2, 0.25) is 11.8 Å². The summed E-state index contributed by atoms with van der Waals surface area (Å²) < 4.78 is 11.1. The van der Waals surface area contributed by atoms with Crippen LogP contribution in [0.2, 0.25) is 0 Å². The van der Waals surface area contributed by atoms with Gasteiger partial charge >= 0.3 is 0 Å². The van der Waals surface area contributed by atoms with Gasteiger partial charge in [-0.2, -0.15) is 0 Å². The zero-order valence-corrected chi connectivity index (χ0v) is 15.6. The van der Waals surface area contributed by atoms with E-state index in [1.54, 1.807) is 30.5 Å². The lowest BCUT2D eigenvalue weighted by atomic mass is 10.0. The van der Waals surface area contributed by atoms with Gasteiger partial charge in [0.15, 0.2) is 0 Å². The molecule has 0 radical (unpaired) electrons. The molecule has 0 spiro atoms. The summed E-state index contributed by atoms with van der Waals surface area (Å²) in [6.07, 6.45) is 0.893. The number of aliphatic hydroxyl groups is 1. The predicted octanol–water partition coefficient (Wildman–Crippen LogP) is 2.85. The van der Waals surface area contributed by atoms with Crippen molar-refractivity contribution in [3.8, 4) is 11.6 Å². The van der Waals surface area contributed by atoms with Crippen LogP contribution in [0.3, 0.4) is 0 Å². The summed E-state index contributed by atoms with van der Waals surface area (Å²) in [5, 5.41) is 13.3. The third-order valence-electron chi connectivity index (χ3n) is 3.58. The molecule has 2 aromatic rings. The van der Waals surface area contributed by atoms with Gasteiger partial charge in [-0.05, 0) is 44.5 Å². The van der Waals surface area contributed by atoms with E-state index in [9.17, 15) is 9.90 Å². The van der Waals surface area contributed by atoms with E-state index in [0.29, 0.717) is 23.8 Å². The van der Waals surface area contributed by atoms with Crippen LogP contribution in [0.4, 0.5) is 0 Å². The molecule has 140 valence electrons. The molecule has 1 heterocycles. The number of benzene rings is 1. The van der Waals surface area contributed by atoms with Gasteiger partial charge in [-0.15, -0.1) is 0 Å². The summed E-state index contributed by atoms with van der Waals surface area (Å²) in [6.45, 7) is 7.60. The number of amides is 1. The van der Waals surface area contributed by atoms with E-state index in [-0.39, 0.29) is 18.1 Å². The van der Waals surface area contributed by atoms with Crippen molar-refractivity contribution in [3.63, 3.8) is 0 Å². The second-order valence-corrected chi connectivity index (χ2v) is 6.48. The van der Waals surface area contributed by atoms with Gasteiger partial charge in [-0.1, -0.05) is 12.1 Å². The maximum atomic E-state index is 11.0. The average Bonchev–Trinajstić information content (AvgIpc) is 2.59. The van der Waals surface area contributed by atoms with Crippen LogP contribution in [0.5, 0.6) is 11.6 Å². The van der Waals surface area contributed by atoms with E-state index in [4.69, 9.17) is 9.47 Å². The van der Waals surface area contributed by atoms with Crippen LogP contribution in [0.15, 0.2) is 42.6 Å². The third-order valence-corrected chi connectivity index (χ3v) is 3.58. The van der Waals surface area contributed by atoms with E-state index in [0.717, 1.165) is 5.56 Å². The van der Waals surface area contributed by atoms with Crippen LogP contribution in [0.25, 0.3) is 0 Å². The van der Waals surface area contributed by atoms with Crippen molar-refractivity contribution in [2.24, 2.45) is 0 Å². The maximum Gasteiger partial charge on any atom is 0.217 e.